The first-order chi connectivity index (χ1) is 10.5. The standard InChI is InChI=1S/C16H17N3O3/c1-16(15(21)22)7-8-18(10-16)14(20)13-9-17-11-19(13)12-5-3-2-4-6-12/h2-6,9,11H,7-8,10H2,1H3,(H,21,22)/t16-/m1/s1. The average Bonchev–Trinajstić information content (AvgIpc) is 3.15. The Morgan fingerprint density at radius 3 is 2.64 bits per heavy atom. The van der Waals surface area contributed by atoms with E-state index in [1.165, 1.54) is 6.20 Å². The van der Waals surface area contributed by atoms with Crippen molar-refractivity contribution in [3.05, 3.63) is 48.5 Å². The van der Waals surface area contributed by atoms with Gasteiger partial charge in [0.15, 0.2) is 0 Å². The minimum atomic E-state index is -0.868. The molecule has 0 radical (unpaired) electrons. The van der Waals surface area contributed by atoms with Gasteiger partial charge in [-0.2, -0.15) is 0 Å². The number of aromatic nitrogens is 2. The number of para-hydroxylation sites is 1. The zero-order chi connectivity index (χ0) is 15.7. The lowest BCUT2D eigenvalue weighted by molar-refractivity contribution is -0.147. The number of carbonyl (C=O) groups is 2. The second-order valence-corrected chi connectivity index (χ2v) is 5.83. The first-order valence-corrected chi connectivity index (χ1v) is 7.12. The number of carbonyl (C=O) groups excluding carboxylic acids is 1. The van der Waals surface area contributed by atoms with Crippen LogP contribution in [-0.2, 0) is 4.79 Å². The van der Waals surface area contributed by atoms with E-state index in [1.807, 2.05) is 30.3 Å². The van der Waals surface area contributed by atoms with Crippen LogP contribution in [0.1, 0.15) is 23.8 Å². The van der Waals surface area contributed by atoms with Gasteiger partial charge < -0.3 is 10.0 Å². The van der Waals surface area contributed by atoms with Crippen molar-refractivity contribution in [1.82, 2.24) is 14.5 Å². The summed E-state index contributed by atoms with van der Waals surface area (Å²) in [6, 6.07) is 9.47. The maximum Gasteiger partial charge on any atom is 0.311 e. The zero-order valence-electron chi connectivity index (χ0n) is 12.3. The molecule has 1 saturated heterocycles. The first kappa shape index (κ1) is 14.3. The molecular formula is C16H17N3O3. The topological polar surface area (TPSA) is 75.4 Å². The van der Waals surface area contributed by atoms with Crippen molar-refractivity contribution in [1.29, 1.82) is 0 Å². The van der Waals surface area contributed by atoms with Crippen molar-refractivity contribution in [3.63, 3.8) is 0 Å². The Morgan fingerprint density at radius 1 is 1.27 bits per heavy atom. The molecule has 1 aromatic heterocycles. The fraction of sp³-hybridized carbons (Fsp3) is 0.312. The summed E-state index contributed by atoms with van der Waals surface area (Å²) in [6.07, 6.45) is 3.58. The molecule has 22 heavy (non-hydrogen) atoms. The van der Waals surface area contributed by atoms with Crippen LogP contribution in [-0.4, -0.2) is 44.5 Å². The van der Waals surface area contributed by atoms with E-state index < -0.39 is 11.4 Å². The van der Waals surface area contributed by atoms with Gasteiger partial charge in [-0.05, 0) is 25.5 Å². The van der Waals surface area contributed by atoms with E-state index in [2.05, 4.69) is 4.98 Å². The van der Waals surface area contributed by atoms with Crippen LogP contribution in [0.25, 0.3) is 5.69 Å². The van der Waals surface area contributed by atoms with Crippen LogP contribution in [0.15, 0.2) is 42.9 Å². The van der Waals surface area contributed by atoms with Crippen LogP contribution in [0.5, 0.6) is 0 Å². The Kier molecular flexibility index (Phi) is 3.44. The molecule has 3 rings (SSSR count). The van der Waals surface area contributed by atoms with E-state index in [1.54, 1.807) is 22.7 Å². The van der Waals surface area contributed by atoms with E-state index in [-0.39, 0.29) is 12.5 Å². The quantitative estimate of drug-likeness (QED) is 0.938. The third-order valence-electron chi connectivity index (χ3n) is 4.17. The summed E-state index contributed by atoms with van der Waals surface area (Å²) in [5, 5.41) is 9.28. The highest BCUT2D eigenvalue weighted by atomic mass is 16.4. The first-order valence-electron chi connectivity index (χ1n) is 7.12. The maximum atomic E-state index is 12.7. The molecule has 0 saturated carbocycles. The third-order valence-corrected chi connectivity index (χ3v) is 4.17. The van der Waals surface area contributed by atoms with Gasteiger partial charge in [0.2, 0.25) is 0 Å². The molecule has 2 aromatic rings. The molecule has 6 nitrogen and oxygen atoms in total. The number of likely N-dealkylation sites (tertiary alicyclic amines) is 1. The highest BCUT2D eigenvalue weighted by molar-refractivity contribution is 5.94. The lowest BCUT2D eigenvalue weighted by Gasteiger charge is -2.20. The molecule has 1 N–H and O–H groups in total. The molecular weight excluding hydrogens is 282 g/mol. The Bertz CT molecular complexity index is 710. The second-order valence-electron chi connectivity index (χ2n) is 5.83. The SMILES string of the molecule is C[C@@]1(C(=O)O)CCN(C(=O)c2cncn2-c2ccccc2)C1. The molecule has 1 aromatic carbocycles. The van der Waals surface area contributed by atoms with Gasteiger partial charge in [0.1, 0.15) is 5.69 Å². The lowest BCUT2D eigenvalue weighted by Crippen LogP contribution is -2.35. The normalized spacial score (nSPS) is 21.0. The average molecular weight is 299 g/mol. The van der Waals surface area contributed by atoms with Crippen LogP contribution in [0.4, 0.5) is 0 Å². The van der Waals surface area contributed by atoms with Crippen molar-refractivity contribution in [2.24, 2.45) is 5.41 Å². The van der Waals surface area contributed by atoms with Gasteiger partial charge in [0, 0.05) is 18.8 Å². The van der Waals surface area contributed by atoms with Crippen LogP contribution in [0.3, 0.4) is 0 Å². The molecule has 0 spiro atoms. The summed E-state index contributed by atoms with van der Waals surface area (Å²) in [5.41, 5.74) is 0.428. The summed E-state index contributed by atoms with van der Waals surface area (Å²) in [5.74, 6) is -1.05. The molecule has 1 atom stereocenters. The third kappa shape index (κ3) is 2.36. The summed E-state index contributed by atoms with van der Waals surface area (Å²) < 4.78 is 1.72. The van der Waals surface area contributed by atoms with Crippen molar-refractivity contribution in [2.75, 3.05) is 13.1 Å². The highest BCUT2D eigenvalue weighted by Crippen LogP contribution is 2.31. The summed E-state index contributed by atoms with van der Waals surface area (Å²) in [7, 11) is 0. The molecule has 1 aliphatic rings. The number of imidazole rings is 1. The summed E-state index contributed by atoms with van der Waals surface area (Å²) in [6.45, 7) is 2.35. The number of aliphatic carboxylic acids is 1. The molecule has 0 bridgehead atoms. The van der Waals surface area contributed by atoms with Crippen LogP contribution in [0, 0.1) is 5.41 Å². The van der Waals surface area contributed by atoms with E-state index in [9.17, 15) is 14.7 Å². The predicted octanol–water partition coefficient (Wildman–Crippen LogP) is 1.81. The van der Waals surface area contributed by atoms with Gasteiger partial charge in [-0.1, -0.05) is 18.2 Å². The number of nitrogens with zero attached hydrogens (tertiary/aromatic N) is 3. The fourth-order valence-electron chi connectivity index (χ4n) is 2.72. The monoisotopic (exact) mass is 299 g/mol. The van der Waals surface area contributed by atoms with Gasteiger partial charge in [-0.15, -0.1) is 0 Å². The van der Waals surface area contributed by atoms with E-state index in [0.717, 1.165) is 5.69 Å². The number of hydrogen-bond acceptors (Lipinski definition) is 3. The second kappa shape index (κ2) is 5.29. The minimum Gasteiger partial charge on any atom is -0.481 e. The van der Waals surface area contributed by atoms with Crippen molar-refractivity contribution in [3.8, 4) is 5.69 Å². The number of amides is 1. The molecule has 6 heteroatoms. The lowest BCUT2D eigenvalue weighted by atomic mass is 9.90. The van der Waals surface area contributed by atoms with E-state index in [4.69, 9.17) is 0 Å². The predicted molar refractivity (Wildman–Crippen MR) is 79.8 cm³/mol. The Morgan fingerprint density at radius 2 is 2.00 bits per heavy atom. The van der Waals surface area contributed by atoms with E-state index >= 15 is 0 Å². The van der Waals surface area contributed by atoms with Gasteiger partial charge in [-0.3, -0.25) is 14.2 Å². The Labute approximate surface area is 128 Å². The number of carboxylic acid groups (broad SMARTS) is 1. The molecule has 114 valence electrons. The van der Waals surface area contributed by atoms with Gasteiger partial charge >= 0.3 is 5.97 Å². The van der Waals surface area contributed by atoms with Gasteiger partial charge in [0.25, 0.3) is 5.91 Å². The number of benzene rings is 1. The summed E-state index contributed by atoms with van der Waals surface area (Å²) in [4.78, 5) is 29.6. The van der Waals surface area contributed by atoms with Crippen LogP contribution < -0.4 is 0 Å². The highest BCUT2D eigenvalue weighted by Gasteiger charge is 2.42. The molecule has 0 unspecified atom stereocenters. The number of hydrogen-bond donors (Lipinski definition) is 1. The zero-order valence-corrected chi connectivity index (χ0v) is 12.3. The largest absolute Gasteiger partial charge is 0.481 e. The number of carboxylic acids is 1. The fourth-order valence-corrected chi connectivity index (χ4v) is 2.72. The van der Waals surface area contributed by atoms with E-state index in [0.29, 0.717) is 18.7 Å². The smallest absolute Gasteiger partial charge is 0.311 e. The van der Waals surface area contributed by atoms with Crippen molar-refractivity contribution >= 4 is 11.9 Å². The molecule has 1 amide bonds. The molecule has 1 fully saturated rings. The van der Waals surface area contributed by atoms with Gasteiger partial charge in [-0.25, -0.2) is 4.98 Å². The maximum absolute atomic E-state index is 12.7. The minimum absolute atomic E-state index is 0.189. The van der Waals surface area contributed by atoms with Crippen LogP contribution >= 0.6 is 0 Å². The molecule has 1 aliphatic heterocycles. The van der Waals surface area contributed by atoms with Gasteiger partial charge in [0.05, 0.1) is 17.9 Å². The number of rotatable bonds is 3. The van der Waals surface area contributed by atoms with Crippen LogP contribution in [0.2, 0.25) is 0 Å². The Balaban J connectivity index is 1.86. The van der Waals surface area contributed by atoms with Crippen molar-refractivity contribution < 1.29 is 14.7 Å². The molecule has 0 aliphatic carbocycles. The molecule has 2 heterocycles. The Hall–Kier alpha value is -2.63. The summed E-state index contributed by atoms with van der Waals surface area (Å²) >= 11 is 0. The van der Waals surface area contributed by atoms with Crippen molar-refractivity contribution in [2.45, 2.75) is 13.3 Å².